The number of hydrogen-bond acceptors (Lipinski definition) is 6. The van der Waals surface area contributed by atoms with E-state index in [1.54, 1.807) is 32.2 Å². The molecule has 2 aromatic rings. The van der Waals surface area contributed by atoms with Crippen LogP contribution in [0.2, 0.25) is 0 Å². The van der Waals surface area contributed by atoms with Crippen molar-refractivity contribution in [2.24, 2.45) is 0 Å². The minimum Gasteiger partial charge on any atom is -0.489 e. The van der Waals surface area contributed by atoms with Crippen LogP contribution in [0.5, 0.6) is 11.6 Å². The summed E-state index contributed by atoms with van der Waals surface area (Å²) in [6, 6.07) is 3.24. The summed E-state index contributed by atoms with van der Waals surface area (Å²) in [4.78, 5) is 22.2. The maximum atomic E-state index is 12.4. The van der Waals surface area contributed by atoms with Crippen LogP contribution in [0.4, 0.5) is 5.69 Å². The summed E-state index contributed by atoms with van der Waals surface area (Å²) in [6.45, 7) is 0.278. The molecule has 0 unspecified atom stereocenters. The number of nitrogens with one attached hydrogen (secondary N) is 1. The van der Waals surface area contributed by atoms with Crippen molar-refractivity contribution >= 4 is 22.5 Å². The highest BCUT2D eigenvalue weighted by Crippen LogP contribution is 2.36. The number of methoxy groups -OCH3 is 1. The Hall–Kier alpha value is -2.41. The van der Waals surface area contributed by atoms with Gasteiger partial charge in [-0.2, -0.15) is 0 Å². The molecule has 7 nitrogen and oxygen atoms in total. The lowest BCUT2D eigenvalue weighted by Crippen LogP contribution is -2.45. The lowest BCUT2D eigenvalue weighted by atomic mass is 10.2. The van der Waals surface area contributed by atoms with Crippen LogP contribution >= 0.6 is 0 Å². The highest BCUT2D eigenvalue weighted by molar-refractivity contribution is 6.01. The van der Waals surface area contributed by atoms with Gasteiger partial charge >= 0.3 is 0 Å². The third kappa shape index (κ3) is 2.15. The molecule has 1 amide bonds. The first kappa shape index (κ1) is 13.6. The van der Waals surface area contributed by atoms with Gasteiger partial charge in [0.15, 0.2) is 0 Å². The number of likely N-dealkylation sites (N-methyl/N-ethyl adjacent to an activating group) is 2. The van der Waals surface area contributed by atoms with E-state index in [2.05, 4.69) is 15.3 Å². The van der Waals surface area contributed by atoms with Gasteiger partial charge in [-0.05, 0) is 13.1 Å². The summed E-state index contributed by atoms with van der Waals surface area (Å²) < 4.78 is 11.0. The minimum absolute atomic E-state index is 0.0496. The van der Waals surface area contributed by atoms with Crippen LogP contribution in [0, 0.1) is 0 Å². The number of fused-ring (bicyclic) bond motifs is 2. The van der Waals surface area contributed by atoms with E-state index in [9.17, 15) is 4.79 Å². The average Bonchev–Trinajstić information content (AvgIpc) is 2.63. The van der Waals surface area contributed by atoms with Gasteiger partial charge in [-0.3, -0.25) is 4.79 Å². The first-order valence-electron chi connectivity index (χ1n) is 6.56. The molecule has 2 heterocycles. The van der Waals surface area contributed by atoms with E-state index in [0.29, 0.717) is 22.8 Å². The van der Waals surface area contributed by atoms with Crippen LogP contribution < -0.4 is 19.7 Å². The molecular weight excluding hydrogens is 272 g/mol. The molecule has 1 atom stereocenters. The molecule has 110 valence electrons. The van der Waals surface area contributed by atoms with Gasteiger partial charge in [0.1, 0.15) is 24.7 Å². The van der Waals surface area contributed by atoms with Gasteiger partial charge in [0.2, 0.25) is 11.8 Å². The maximum Gasteiger partial charge on any atom is 0.247 e. The second kappa shape index (κ2) is 5.17. The Labute approximate surface area is 121 Å². The molecule has 1 aromatic heterocycles. The average molecular weight is 288 g/mol. The Morgan fingerprint density at radius 2 is 2.24 bits per heavy atom. The van der Waals surface area contributed by atoms with Crippen LogP contribution in [0.3, 0.4) is 0 Å². The summed E-state index contributed by atoms with van der Waals surface area (Å²) in [7, 11) is 5.01. The van der Waals surface area contributed by atoms with Crippen molar-refractivity contribution in [1.29, 1.82) is 0 Å². The smallest absolute Gasteiger partial charge is 0.247 e. The van der Waals surface area contributed by atoms with E-state index in [4.69, 9.17) is 9.47 Å². The molecule has 1 aromatic carbocycles. The molecule has 0 fully saturated rings. The fraction of sp³-hybridized carbons (Fsp3) is 0.357. The van der Waals surface area contributed by atoms with E-state index in [0.717, 1.165) is 5.39 Å². The van der Waals surface area contributed by atoms with Crippen molar-refractivity contribution in [2.45, 2.75) is 6.04 Å². The predicted octanol–water partition coefficient (Wildman–Crippen LogP) is 0.582. The van der Waals surface area contributed by atoms with Gasteiger partial charge in [0, 0.05) is 13.1 Å². The van der Waals surface area contributed by atoms with Crippen LogP contribution in [-0.2, 0) is 4.79 Å². The summed E-state index contributed by atoms with van der Waals surface area (Å²) >= 11 is 0. The summed E-state index contributed by atoms with van der Waals surface area (Å²) in [5, 5.41) is 3.69. The lowest BCUT2D eigenvalue weighted by Gasteiger charge is -2.19. The zero-order valence-electron chi connectivity index (χ0n) is 12.1. The first-order valence-corrected chi connectivity index (χ1v) is 6.56. The topological polar surface area (TPSA) is 76.6 Å². The molecule has 7 heteroatoms. The number of ether oxygens (including phenoxy) is 2. The number of nitrogens with zero attached hydrogens (tertiary/aromatic N) is 3. The molecule has 0 radical (unpaired) electrons. The van der Waals surface area contributed by atoms with Crippen molar-refractivity contribution in [2.75, 3.05) is 32.7 Å². The van der Waals surface area contributed by atoms with E-state index in [-0.39, 0.29) is 18.6 Å². The third-order valence-corrected chi connectivity index (χ3v) is 3.62. The number of amides is 1. The fourth-order valence-electron chi connectivity index (χ4n) is 2.39. The zero-order chi connectivity index (χ0) is 15.0. The van der Waals surface area contributed by atoms with Gasteiger partial charge in [-0.1, -0.05) is 0 Å². The Morgan fingerprint density at radius 3 is 2.95 bits per heavy atom. The maximum absolute atomic E-state index is 12.4. The van der Waals surface area contributed by atoms with E-state index >= 15 is 0 Å². The standard InChI is InChI=1S/C14H16N4O3/c1-15-10-6-21-12-5-9-8(13(20-3)17-7-16-9)4-11(12)18(2)14(10)19/h4-5,7,10,15H,6H2,1-3H3/t10-/m0/s1. The quantitative estimate of drug-likeness (QED) is 0.871. The molecule has 1 aliphatic heterocycles. The minimum atomic E-state index is -0.376. The summed E-state index contributed by atoms with van der Waals surface area (Å²) in [5.74, 6) is 1.04. The van der Waals surface area contributed by atoms with E-state index < -0.39 is 0 Å². The number of hydrogen-bond donors (Lipinski definition) is 1. The number of carbonyl (C=O) groups excluding carboxylic acids is 1. The molecule has 0 spiro atoms. The highest BCUT2D eigenvalue weighted by atomic mass is 16.5. The fourth-order valence-corrected chi connectivity index (χ4v) is 2.39. The second-order valence-corrected chi connectivity index (χ2v) is 4.77. The normalized spacial score (nSPS) is 18.1. The van der Waals surface area contributed by atoms with Crippen molar-refractivity contribution in [3.05, 3.63) is 18.5 Å². The van der Waals surface area contributed by atoms with Gasteiger partial charge in [0.05, 0.1) is 23.7 Å². The molecular formula is C14H16N4O3. The van der Waals surface area contributed by atoms with Crippen molar-refractivity contribution in [1.82, 2.24) is 15.3 Å². The number of benzene rings is 1. The lowest BCUT2D eigenvalue weighted by molar-refractivity contribution is -0.120. The van der Waals surface area contributed by atoms with Crippen LogP contribution in [0.15, 0.2) is 18.5 Å². The number of carbonyl (C=O) groups is 1. The Bertz CT molecular complexity index is 704. The Morgan fingerprint density at radius 1 is 1.43 bits per heavy atom. The number of anilines is 1. The van der Waals surface area contributed by atoms with Gasteiger partial charge in [0.25, 0.3) is 0 Å². The first-order chi connectivity index (χ1) is 10.2. The summed E-state index contributed by atoms with van der Waals surface area (Å²) in [6.07, 6.45) is 1.44. The van der Waals surface area contributed by atoms with Crippen molar-refractivity contribution in [3.63, 3.8) is 0 Å². The second-order valence-electron chi connectivity index (χ2n) is 4.77. The SMILES string of the molecule is CN[C@H]1COc2cc3ncnc(OC)c3cc2N(C)C1=O. The number of rotatable bonds is 2. The number of aromatic nitrogens is 2. The van der Waals surface area contributed by atoms with Gasteiger partial charge < -0.3 is 19.7 Å². The Kier molecular flexibility index (Phi) is 3.34. The molecule has 1 aliphatic rings. The van der Waals surface area contributed by atoms with E-state index in [1.807, 2.05) is 6.07 Å². The molecule has 0 bridgehead atoms. The molecule has 3 rings (SSSR count). The van der Waals surface area contributed by atoms with Crippen molar-refractivity contribution < 1.29 is 14.3 Å². The van der Waals surface area contributed by atoms with Crippen LogP contribution in [-0.4, -0.2) is 49.7 Å². The third-order valence-electron chi connectivity index (χ3n) is 3.62. The largest absolute Gasteiger partial charge is 0.489 e. The van der Waals surface area contributed by atoms with Crippen molar-refractivity contribution in [3.8, 4) is 11.6 Å². The van der Waals surface area contributed by atoms with Crippen LogP contribution in [0.25, 0.3) is 10.9 Å². The summed E-state index contributed by atoms with van der Waals surface area (Å²) in [5.41, 5.74) is 1.39. The Balaban J connectivity index is 2.18. The molecule has 1 N–H and O–H groups in total. The monoisotopic (exact) mass is 288 g/mol. The predicted molar refractivity (Wildman–Crippen MR) is 77.8 cm³/mol. The molecule has 0 saturated heterocycles. The zero-order valence-corrected chi connectivity index (χ0v) is 12.1. The van der Waals surface area contributed by atoms with Gasteiger partial charge in [-0.15, -0.1) is 0 Å². The van der Waals surface area contributed by atoms with E-state index in [1.165, 1.54) is 6.33 Å². The molecule has 21 heavy (non-hydrogen) atoms. The van der Waals surface area contributed by atoms with Crippen LogP contribution in [0.1, 0.15) is 0 Å². The molecule has 0 aliphatic carbocycles. The van der Waals surface area contributed by atoms with Gasteiger partial charge in [-0.25, -0.2) is 9.97 Å². The highest BCUT2D eigenvalue weighted by Gasteiger charge is 2.28. The molecule has 0 saturated carbocycles.